The molecule has 0 bridgehead atoms. The monoisotopic (exact) mass is 464 g/mol. The zero-order valence-electron chi connectivity index (χ0n) is 19.2. The molecule has 0 spiro atoms. The molecule has 4 heterocycles. The van der Waals surface area contributed by atoms with Gasteiger partial charge in [-0.3, -0.25) is 0 Å². The standard InChI is InChI=1S/C30H20N6/c1-3-9-21(10-4-1)23-13-7-15-25(31-23)27-17-19-29(35-33-27)30-20-18-28(34-36-30)26-16-8-14-24(32-26)22-11-5-2-6-12-22/h1-20H. The van der Waals surface area contributed by atoms with Gasteiger partial charge in [0.05, 0.1) is 22.8 Å². The van der Waals surface area contributed by atoms with E-state index in [2.05, 4.69) is 20.4 Å². The van der Waals surface area contributed by atoms with Crippen LogP contribution in [0.5, 0.6) is 0 Å². The van der Waals surface area contributed by atoms with E-state index < -0.39 is 0 Å². The van der Waals surface area contributed by atoms with E-state index >= 15 is 0 Å². The first-order chi connectivity index (χ1) is 17.8. The first-order valence-electron chi connectivity index (χ1n) is 11.6. The van der Waals surface area contributed by atoms with Crippen molar-refractivity contribution in [3.05, 3.63) is 121 Å². The third-order valence-corrected chi connectivity index (χ3v) is 5.75. The summed E-state index contributed by atoms with van der Waals surface area (Å²) in [6.07, 6.45) is 0. The number of hydrogen-bond acceptors (Lipinski definition) is 6. The third kappa shape index (κ3) is 4.48. The average Bonchev–Trinajstić information content (AvgIpc) is 2.98. The van der Waals surface area contributed by atoms with Gasteiger partial charge in [-0.15, -0.1) is 20.4 Å². The van der Waals surface area contributed by atoms with Crippen molar-refractivity contribution in [2.75, 3.05) is 0 Å². The lowest BCUT2D eigenvalue weighted by atomic mass is 10.1. The number of nitrogens with zero attached hydrogens (tertiary/aromatic N) is 6. The molecule has 170 valence electrons. The predicted octanol–water partition coefficient (Wildman–Crippen LogP) is 6.39. The number of hydrogen-bond donors (Lipinski definition) is 0. The van der Waals surface area contributed by atoms with Crippen LogP contribution in [0.2, 0.25) is 0 Å². The maximum atomic E-state index is 4.75. The lowest BCUT2D eigenvalue weighted by Gasteiger charge is -2.06. The second kappa shape index (κ2) is 9.64. The topological polar surface area (TPSA) is 77.3 Å². The fraction of sp³-hybridized carbons (Fsp3) is 0. The van der Waals surface area contributed by atoms with Gasteiger partial charge in [0, 0.05) is 11.1 Å². The number of rotatable bonds is 5. The summed E-state index contributed by atoms with van der Waals surface area (Å²) in [5, 5.41) is 17.5. The zero-order chi connectivity index (χ0) is 24.2. The molecule has 2 aromatic carbocycles. The Labute approximate surface area is 208 Å². The second-order valence-corrected chi connectivity index (χ2v) is 8.16. The van der Waals surface area contributed by atoms with Crippen molar-refractivity contribution in [1.82, 2.24) is 30.4 Å². The lowest BCUT2D eigenvalue weighted by Crippen LogP contribution is -1.97. The van der Waals surface area contributed by atoms with Gasteiger partial charge in [-0.2, -0.15) is 0 Å². The maximum Gasteiger partial charge on any atom is 0.113 e. The summed E-state index contributed by atoms with van der Waals surface area (Å²) in [5.74, 6) is 0. The van der Waals surface area contributed by atoms with Crippen molar-refractivity contribution in [2.24, 2.45) is 0 Å². The summed E-state index contributed by atoms with van der Waals surface area (Å²) in [6.45, 7) is 0. The summed E-state index contributed by atoms with van der Waals surface area (Å²) in [6, 6.07) is 39.5. The van der Waals surface area contributed by atoms with Crippen LogP contribution < -0.4 is 0 Å². The quantitative estimate of drug-likeness (QED) is 0.294. The Morgan fingerprint density at radius 3 is 0.944 bits per heavy atom. The average molecular weight is 465 g/mol. The molecule has 0 atom stereocenters. The summed E-state index contributed by atoms with van der Waals surface area (Å²) in [7, 11) is 0. The molecule has 0 amide bonds. The Morgan fingerprint density at radius 2 is 0.583 bits per heavy atom. The Morgan fingerprint density at radius 1 is 0.250 bits per heavy atom. The van der Waals surface area contributed by atoms with Crippen molar-refractivity contribution in [3.8, 4) is 56.7 Å². The first kappa shape index (κ1) is 21.4. The molecule has 0 radical (unpaired) electrons. The molecule has 6 heteroatoms. The fourth-order valence-corrected chi connectivity index (χ4v) is 3.91. The van der Waals surface area contributed by atoms with Gasteiger partial charge in [0.25, 0.3) is 0 Å². The molecule has 4 aromatic heterocycles. The molecule has 0 aliphatic carbocycles. The van der Waals surface area contributed by atoms with E-state index in [9.17, 15) is 0 Å². The molecule has 36 heavy (non-hydrogen) atoms. The molecular weight excluding hydrogens is 444 g/mol. The van der Waals surface area contributed by atoms with E-state index in [4.69, 9.17) is 9.97 Å². The van der Waals surface area contributed by atoms with Gasteiger partial charge < -0.3 is 0 Å². The third-order valence-electron chi connectivity index (χ3n) is 5.75. The van der Waals surface area contributed by atoms with Gasteiger partial charge >= 0.3 is 0 Å². The van der Waals surface area contributed by atoms with Crippen LogP contribution in [-0.4, -0.2) is 30.4 Å². The van der Waals surface area contributed by atoms with Crippen LogP contribution in [0.4, 0.5) is 0 Å². The normalized spacial score (nSPS) is 10.8. The highest BCUT2D eigenvalue weighted by Crippen LogP contribution is 2.24. The van der Waals surface area contributed by atoms with Crippen molar-refractivity contribution in [1.29, 1.82) is 0 Å². The minimum absolute atomic E-state index is 0.642. The van der Waals surface area contributed by atoms with Gasteiger partial charge in [-0.25, -0.2) is 9.97 Å². The van der Waals surface area contributed by atoms with Crippen molar-refractivity contribution >= 4 is 0 Å². The highest BCUT2D eigenvalue weighted by Gasteiger charge is 2.10. The summed E-state index contributed by atoms with van der Waals surface area (Å²) in [4.78, 5) is 9.50. The summed E-state index contributed by atoms with van der Waals surface area (Å²) in [5.41, 5.74) is 8.11. The number of benzene rings is 2. The van der Waals surface area contributed by atoms with Crippen LogP contribution >= 0.6 is 0 Å². The molecule has 0 fully saturated rings. The molecule has 0 saturated carbocycles. The van der Waals surface area contributed by atoms with Gasteiger partial charge in [0.15, 0.2) is 0 Å². The largest absolute Gasteiger partial charge is 0.246 e. The van der Waals surface area contributed by atoms with E-state index in [1.165, 1.54) is 0 Å². The van der Waals surface area contributed by atoms with Crippen LogP contribution in [0.15, 0.2) is 121 Å². The molecule has 6 rings (SSSR count). The minimum atomic E-state index is 0.642. The maximum absolute atomic E-state index is 4.75. The Hall–Kier alpha value is -5.10. The van der Waals surface area contributed by atoms with Crippen LogP contribution in [0.25, 0.3) is 56.7 Å². The lowest BCUT2D eigenvalue weighted by molar-refractivity contribution is 0.989. The minimum Gasteiger partial charge on any atom is -0.246 e. The predicted molar refractivity (Wildman–Crippen MR) is 140 cm³/mol. The summed E-state index contributed by atoms with van der Waals surface area (Å²) < 4.78 is 0. The molecule has 6 nitrogen and oxygen atoms in total. The first-order valence-corrected chi connectivity index (χ1v) is 11.6. The SMILES string of the molecule is c1ccc(-c2cccc(-c3ccc(-c4ccc(-c5cccc(-c6ccccc6)n5)nn4)nn3)n2)cc1. The molecular formula is C30H20N6. The van der Waals surface area contributed by atoms with Gasteiger partial charge in [-0.1, -0.05) is 72.8 Å². The van der Waals surface area contributed by atoms with E-state index in [-0.39, 0.29) is 0 Å². The van der Waals surface area contributed by atoms with Crippen LogP contribution in [-0.2, 0) is 0 Å². The smallest absolute Gasteiger partial charge is 0.113 e. The van der Waals surface area contributed by atoms with Crippen LogP contribution in [0.3, 0.4) is 0 Å². The van der Waals surface area contributed by atoms with Crippen molar-refractivity contribution in [2.45, 2.75) is 0 Å². The second-order valence-electron chi connectivity index (χ2n) is 8.16. The van der Waals surface area contributed by atoms with E-state index in [1.807, 2.05) is 121 Å². The molecule has 0 unspecified atom stereocenters. The summed E-state index contributed by atoms with van der Waals surface area (Å²) >= 11 is 0. The van der Waals surface area contributed by atoms with Crippen molar-refractivity contribution < 1.29 is 0 Å². The van der Waals surface area contributed by atoms with Crippen LogP contribution in [0, 0.1) is 0 Å². The molecule has 0 saturated heterocycles. The Balaban J connectivity index is 1.23. The Bertz CT molecular complexity index is 1480. The van der Waals surface area contributed by atoms with E-state index in [1.54, 1.807) is 0 Å². The van der Waals surface area contributed by atoms with Crippen molar-refractivity contribution in [3.63, 3.8) is 0 Å². The molecule has 0 aliphatic rings. The number of pyridine rings is 2. The highest BCUT2D eigenvalue weighted by molar-refractivity contribution is 5.66. The fourth-order valence-electron chi connectivity index (χ4n) is 3.91. The highest BCUT2D eigenvalue weighted by atomic mass is 15.2. The van der Waals surface area contributed by atoms with E-state index in [0.29, 0.717) is 22.8 Å². The van der Waals surface area contributed by atoms with Crippen LogP contribution in [0.1, 0.15) is 0 Å². The van der Waals surface area contributed by atoms with E-state index in [0.717, 1.165) is 33.9 Å². The molecule has 6 aromatic rings. The van der Waals surface area contributed by atoms with Gasteiger partial charge in [0.1, 0.15) is 22.8 Å². The zero-order valence-corrected chi connectivity index (χ0v) is 19.2. The molecule has 0 aliphatic heterocycles. The number of aromatic nitrogens is 6. The van der Waals surface area contributed by atoms with Gasteiger partial charge in [-0.05, 0) is 48.5 Å². The Kier molecular flexibility index (Phi) is 5.74. The molecule has 0 N–H and O–H groups in total. The van der Waals surface area contributed by atoms with Gasteiger partial charge in [0.2, 0.25) is 0 Å².